The van der Waals surface area contributed by atoms with Crippen LogP contribution in [0.15, 0.2) is 11.6 Å². The van der Waals surface area contributed by atoms with Gasteiger partial charge in [0.15, 0.2) is 0 Å². The molecule has 0 N–H and O–H groups in total. The number of hydrogen-bond acceptors (Lipinski definition) is 2. The number of allylic oxidation sites excluding steroid dienone is 2. The van der Waals surface area contributed by atoms with E-state index in [9.17, 15) is 4.79 Å². The maximum Gasteiger partial charge on any atom is 0.308 e. The third-order valence-corrected chi connectivity index (χ3v) is 4.31. The number of hydrogen-bond donors (Lipinski definition) is 0. The summed E-state index contributed by atoms with van der Waals surface area (Å²) in [5.74, 6) is 0.0682. The average molecular weight is 226 g/mol. The van der Waals surface area contributed by atoms with Crippen LogP contribution in [0, 0.1) is 5.92 Å². The fourth-order valence-electron chi connectivity index (χ4n) is 2.11. The average Bonchev–Trinajstić information content (AvgIpc) is 2.15. The zero-order valence-corrected chi connectivity index (χ0v) is 11.3. The van der Waals surface area contributed by atoms with Crippen molar-refractivity contribution >= 4 is 14.0 Å². The normalized spacial score (nSPS) is 22.1. The van der Waals surface area contributed by atoms with Gasteiger partial charge in [-0.1, -0.05) is 31.3 Å². The second-order valence-electron chi connectivity index (χ2n) is 5.59. The lowest BCUT2D eigenvalue weighted by atomic mass is 9.90. The summed E-state index contributed by atoms with van der Waals surface area (Å²) in [7, 11) is 0.489. The van der Waals surface area contributed by atoms with Crippen LogP contribution >= 0.6 is 0 Å². The maximum absolute atomic E-state index is 11.3. The molecule has 0 aromatic heterocycles. The summed E-state index contributed by atoms with van der Waals surface area (Å²) >= 11 is 0. The predicted molar refractivity (Wildman–Crippen MR) is 65.6 cm³/mol. The van der Waals surface area contributed by atoms with Gasteiger partial charge in [-0.3, -0.25) is 4.79 Å². The minimum absolute atomic E-state index is 0.0432. The maximum atomic E-state index is 11.3. The van der Waals surface area contributed by atoms with Gasteiger partial charge in [0.2, 0.25) is 0 Å². The van der Waals surface area contributed by atoms with Crippen LogP contribution in [0.25, 0.3) is 0 Å². The van der Waals surface area contributed by atoms with Crippen molar-refractivity contribution in [2.24, 2.45) is 5.92 Å². The zero-order valence-electron chi connectivity index (χ0n) is 10.3. The first-order chi connectivity index (χ1) is 6.92. The van der Waals surface area contributed by atoms with Crippen molar-refractivity contribution in [3.8, 4) is 0 Å². The SMILES string of the molecule is COC(=O)[C@H]1CC=C(C[Si](C)(C)C)CC1. The molecule has 0 amide bonds. The molecular formula is C12H22O2Si. The molecule has 0 saturated heterocycles. The Balaban J connectivity index is 2.48. The molecule has 0 fully saturated rings. The second kappa shape index (κ2) is 4.97. The molecule has 0 unspecified atom stereocenters. The van der Waals surface area contributed by atoms with E-state index in [1.165, 1.54) is 13.2 Å². The fraction of sp³-hybridized carbons (Fsp3) is 0.750. The van der Waals surface area contributed by atoms with Gasteiger partial charge in [-0.05, 0) is 25.3 Å². The highest BCUT2D eigenvalue weighted by Crippen LogP contribution is 2.29. The van der Waals surface area contributed by atoms with Crippen LogP contribution in [0.3, 0.4) is 0 Å². The summed E-state index contributed by atoms with van der Waals surface area (Å²) in [5, 5.41) is 0. The number of esters is 1. The lowest BCUT2D eigenvalue weighted by Gasteiger charge is -2.24. The van der Waals surface area contributed by atoms with Gasteiger partial charge in [0.25, 0.3) is 0 Å². The first-order valence-corrected chi connectivity index (χ1v) is 9.39. The molecule has 0 spiro atoms. The summed E-state index contributed by atoms with van der Waals surface area (Å²) in [6, 6.07) is 1.28. The van der Waals surface area contributed by atoms with E-state index in [4.69, 9.17) is 4.74 Å². The molecule has 1 atom stereocenters. The monoisotopic (exact) mass is 226 g/mol. The molecule has 0 saturated carbocycles. The second-order valence-corrected chi connectivity index (χ2v) is 11.1. The van der Waals surface area contributed by atoms with Gasteiger partial charge >= 0.3 is 5.97 Å². The summed E-state index contributed by atoms with van der Waals surface area (Å²) in [6.07, 6.45) is 5.21. The quantitative estimate of drug-likeness (QED) is 0.419. The Morgan fingerprint density at radius 1 is 1.53 bits per heavy atom. The molecule has 0 aromatic carbocycles. The largest absolute Gasteiger partial charge is 0.469 e. The topological polar surface area (TPSA) is 26.3 Å². The van der Waals surface area contributed by atoms with Gasteiger partial charge in [-0.2, -0.15) is 0 Å². The number of methoxy groups -OCH3 is 1. The zero-order chi connectivity index (χ0) is 11.5. The molecule has 0 bridgehead atoms. The van der Waals surface area contributed by atoms with Crippen molar-refractivity contribution in [2.45, 2.75) is 44.9 Å². The van der Waals surface area contributed by atoms with Crippen LogP contribution in [0.4, 0.5) is 0 Å². The van der Waals surface area contributed by atoms with E-state index in [0.29, 0.717) is 0 Å². The Morgan fingerprint density at radius 2 is 2.20 bits per heavy atom. The minimum atomic E-state index is -0.987. The van der Waals surface area contributed by atoms with Crippen molar-refractivity contribution in [2.75, 3.05) is 7.11 Å². The summed E-state index contributed by atoms with van der Waals surface area (Å²) in [4.78, 5) is 11.3. The Morgan fingerprint density at radius 3 is 2.60 bits per heavy atom. The first kappa shape index (κ1) is 12.5. The number of carbonyl (C=O) groups is 1. The summed E-state index contributed by atoms with van der Waals surface area (Å²) in [6.45, 7) is 7.17. The van der Waals surface area contributed by atoms with E-state index in [1.54, 1.807) is 5.57 Å². The standard InChI is InChI=1S/C12H22O2Si/c1-14-12(13)11-7-5-10(6-8-11)9-15(2,3)4/h5,11H,6-9H2,1-4H3/t11-/m0/s1. The molecule has 3 heteroatoms. The van der Waals surface area contributed by atoms with E-state index < -0.39 is 8.07 Å². The smallest absolute Gasteiger partial charge is 0.308 e. The molecule has 0 radical (unpaired) electrons. The van der Waals surface area contributed by atoms with Crippen LogP contribution < -0.4 is 0 Å². The Bertz CT molecular complexity index is 263. The van der Waals surface area contributed by atoms with E-state index in [2.05, 4.69) is 25.7 Å². The van der Waals surface area contributed by atoms with Gasteiger partial charge in [0.05, 0.1) is 13.0 Å². The van der Waals surface area contributed by atoms with Crippen molar-refractivity contribution in [1.29, 1.82) is 0 Å². The molecule has 1 aliphatic carbocycles. The first-order valence-electron chi connectivity index (χ1n) is 5.68. The molecule has 1 aliphatic rings. The van der Waals surface area contributed by atoms with Crippen LogP contribution in [0.2, 0.25) is 25.7 Å². The van der Waals surface area contributed by atoms with Gasteiger partial charge in [0.1, 0.15) is 0 Å². The lowest BCUT2D eigenvalue weighted by molar-refractivity contribution is -0.145. The molecule has 15 heavy (non-hydrogen) atoms. The molecule has 0 aliphatic heterocycles. The van der Waals surface area contributed by atoms with Gasteiger partial charge in [-0.15, -0.1) is 0 Å². The van der Waals surface area contributed by atoms with Crippen LogP contribution in [0.1, 0.15) is 19.3 Å². The van der Waals surface area contributed by atoms with E-state index >= 15 is 0 Å². The lowest BCUT2D eigenvalue weighted by Crippen LogP contribution is -2.23. The number of carbonyl (C=O) groups excluding carboxylic acids is 1. The third-order valence-electron chi connectivity index (χ3n) is 2.80. The van der Waals surface area contributed by atoms with Crippen molar-refractivity contribution in [3.05, 3.63) is 11.6 Å². The molecule has 1 rings (SSSR count). The van der Waals surface area contributed by atoms with E-state index in [1.807, 2.05) is 0 Å². The predicted octanol–water partition coefficient (Wildman–Crippen LogP) is 3.22. The Kier molecular flexibility index (Phi) is 4.14. The highest BCUT2D eigenvalue weighted by Gasteiger charge is 2.24. The summed E-state index contributed by atoms with van der Waals surface area (Å²) in [5.41, 5.74) is 1.56. The highest BCUT2D eigenvalue weighted by atomic mass is 28.3. The Labute approximate surface area is 93.7 Å². The van der Waals surface area contributed by atoms with Crippen LogP contribution in [-0.2, 0) is 9.53 Å². The van der Waals surface area contributed by atoms with Crippen LogP contribution in [0.5, 0.6) is 0 Å². The molecule has 2 nitrogen and oxygen atoms in total. The van der Waals surface area contributed by atoms with Gasteiger partial charge < -0.3 is 4.74 Å². The number of rotatable bonds is 3. The van der Waals surface area contributed by atoms with Gasteiger partial charge in [-0.25, -0.2) is 0 Å². The van der Waals surface area contributed by atoms with E-state index in [-0.39, 0.29) is 11.9 Å². The molecule has 0 aromatic rings. The summed E-state index contributed by atoms with van der Waals surface area (Å²) < 4.78 is 4.77. The van der Waals surface area contributed by atoms with Gasteiger partial charge in [0, 0.05) is 8.07 Å². The highest BCUT2D eigenvalue weighted by molar-refractivity contribution is 6.76. The molecule has 86 valence electrons. The van der Waals surface area contributed by atoms with E-state index in [0.717, 1.165) is 19.3 Å². The van der Waals surface area contributed by atoms with Crippen molar-refractivity contribution < 1.29 is 9.53 Å². The molecule has 0 heterocycles. The molecular weight excluding hydrogens is 204 g/mol. The number of ether oxygens (including phenoxy) is 1. The van der Waals surface area contributed by atoms with Crippen LogP contribution in [-0.4, -0.2) is 21.2 Å². The van der Waals surface area contributed by atoms with Crippen molar-refractivity contribution in [3.63, 3.8) is 0 Å². The fourth-order valence-corrected chi connectivity index (χ4v) is 3.79. The third kappa shape index (κ3) is 4.20. The van der Waals surface area contributed by atoms with Crippen molar-refractivity contribution in [1.82, 2.24) is 0 Å². The minimum Gasteiger partial charge on any atom is -0.469 e. The Hall–Kier alpha value is -0.573.